The number of rotatable bonds is 4. The first-order valence-corrected chi connectivity index (χ1v) is 7.83. The minimum Gasteiger partial charge on any atom is -0.465 e. The summed E-state index contributed by atoms with van der Waals surface area (Å²) in [7, 11) is 2.20. The Morgan fingerprint density at radius 1 is 1.20 bits per heavy atom. The summed E-state index contributed by atoms with van der Waals surface area (Å²) >= 11 is 0. The molecule has 3 heteroatoms. The number of carbonyl (C=O) groups excluding carboxylic acids is 1. The van der Waals surface area contributed by atoms with Crippen LogP contribution in [0.5, 0.6) is 0 Å². The van der Waals surface area contributed by atoms with Crippen LogP contribution in [0.3, 0.4) is 0 Å². The molecule has 1 rings (SSSR count). The molecule has 0 aromatic rings. The highest BCUT2D eigenvalue weighted by atomic mass is 16.5. The van der Waals surface area contributed by atoms with E-state index in [0.717, 1.165) is 19.3 Å². The number of nitrogens with zero attached hydrogens (tertiary/aromatic N) is 1. The molecule has 0 aromatic heterocycles. The molecule has 1 saturated heterocycles. The van der Waals surface area contributed by atoms with E-state index >= 15 is 0 Å². The summed E-state index contributed by atoms with van der Waals surface area (Å²) in [5.74, 6) is 0.391. The topological polar surface area (TPSA) is 29.5 Å². The van der Waals surface area contributed by atoms with Crippen molar-refractivity contribution in [1.29, 1.82) is 0 Å². The van der Waals surface area contributed by atoms with Crippen molar-refractivity contribution >= 4 is 5.97 Å². The molecule has 0 radical (unpaired) electrons. The Morgan fingerprint density at radius 3 is 2.05 bits per heavy atom. The minimum absolute atomic E-state index is 0.0606. The summed E-state index contributed by atoms with van der Waals surface area (Å²) < 4.78 is 5.60. The Balaban J connectivity index is 2.64. The van der Waals surface area contributed by atoms with E-state index in [1.807, 2.05) is 20.8 Å². The Bertz CT molecular complexity index is 340. The lowest BCUT2D eigenvalue weighted by molar-refractivity contribution is -0.157. The fourth-order valence-corrected chi connectivity index (χ4v) is 3.23. The van der Waals surface area contributed by atoms with Crippen molar-refractivity contribution in [2.75, 3.05) is 13.7 Å². The lowest BCUT2D eigenvalue weighted by atomic mass is 9.74. The van der Waals surface area contributed by atoms with Gasteiger partial charge in [0.15, 0.2) is 0 Å². The van der Waals surface area contributed by atoms with Crippen LogP contribution in [0.25, 0.3) is 0 Å². The molecule has 0 N–H and O–H groups in total. The number of ether oxygens (including phenoxy) is 1. The van der Waals surface area contributed by atoms with E-state index in [2.05, 4.69) is 39.6 Å². The Morgan fingerprint density at radius 2 is 1.65 bits per heavy atom. The molecule has 1 fully saturated rings. The molecule has 0 aromatic carbocycles. The molecule has 0 spiro atoms. The number of piperidine rings is 1. The zero-order valence-electron chi connectivity index (χ0n) is 14.7. The van der Waals surface area contributed by atoms with Crippen molar-refractivity contribution in [3.05, 3.63) is 0 Å². The van der Waals surface area contributed by atoms with Gasteiger partial charge in [0.1, 0.15) is 0 Å². The molecular weight excluding hydrogens is 250 g/mol. The summed E-state index contributed by atoms with van der Waals surface area (Å²) in [6.45, 7) is 15.6. The van der Waals surface area contributed by atoms with E-state index in [0.29, 0.717) is 12.5 Å². The first kappa shape index (κ1) is 17.5. The van der Waals surface area contributed by atoms with E-state index < -0.39 is 0 Å². The van der Waals surface area contributed by atoms with Gasteiger partial charge in [-0.15, -0.1) is 0 Å². The van der Waals surface area contributed by atoms with Crippen LogP contribution in [-0.2, 0) is 9.53 Å². The van der Waals surface area contributed by atoms with Crippen molar-refractivity contribution in [3.63, 3.8) is 0 Å². The lowest BCUT2D eigenvalue weighted by Gasteiger charge is -2.53. The average Bonchev–Trinajstić information content (AvgIpc) is 2.32. The average molecular weight is 283 g/mol. The van der Waals surface area contributed by atoms with Gasteiger partial charge in [-0.25, -0.2) is 0 Å². The van der Waals surface area contributed by atoms with Crippen LogP contribution in [0, 0.1) is 11.3 Å². The van der Waals surface area contributed by atoms with Crippen molar-refractivity contribution < 1.29 is 9.53 Å². The molecule has 0 bridgehead atoms. The molecule has 0 saturated carbocycles. The van der Waals surface area contributed by atoms with Gasteiger partial charge in [0.25, 0.3) is 0 Å². The minimum atomic E-state index is -0.365. The summed E-state index contributed by atoms with van der Waals surface area (Å²) in [6, 6.07) is 0. The fraction of sp³-hybridized carbons (Fsp3) is 0.941. The molecule has 0 unspecified atom stereocenters. The van der Waals surface area contributed by atoms with Crippen molar-refractivity contribution in [2.24, 2.45) is 11.3 Å². The number of carbonyl (C=O) groups is 1. The zero-order valence-corrected chi connectivity index (χ0v) is 14.7. The van der Waals surface area contributed by atoms with Gasteiger partial charge in [-0.3, -0.25) is 9.69 Å². The van der Waals surface area contributed by atoms with Gasteiger partial charge < -0.3 is 4.74 Å². The molecule has 0 amide bonds. The molecule has 1 aliphatic rings. The molecule has 0 atom stereocenters. The van der Waals surface area contributed by atoms with Crippen molar-refractivity contribution in [2.45, 2.75) is 78.8 Å². The second kappa shape index (κ2) is 5.67. The predicted molar refractivity (Wildman–Crippen MR) is 83.7 cm³/mol. The van der Waals surface area contributed by atoms with Crippen LogP contribution in [0.2, 0.25) is 0 Å². The second-order valence-corrected chi connectivity index (χ2v) is 8.29. The number of likely N-dealkylation sites (tertiary alicyclic amines) is 1. The molecule has 0 aliphatic carbocycles. The summed E-state index contributed by atoms with van der Waals surface area (Å²) in [4.78, 5) is 14.5. The van der Waals surface area contributed by atoms with Gasteiger partial charge in [-0.2, -0.15) is 0 Å². The highest BCUT2D eigenvalue weighted by Crippen LogP contribution is 2.40. The third kappa shape index (κ3) is 3.75. The quantitative estimate of drug-likeness (QED) is 0.734. The third-order valence-electron chi connectivity index (χ3n) is 5.28. The van der Waals surface area contributed by atoms with E-state index in [-0.39, 0.29) is 22.5 Å². The summed E-state index contributed by atoms with van der Waals surface area (Å²) in [5, 5.41) is 0. The van der Waals surface area contributed by atoms with Gasteiger partial charge in [0, 0.05) is 11.1 Å². The molecule has 118 valence electrons. The van der Waals surface area contributed by atoms with Crippen LogP contribution in [-0.4, -0.2) is 35.6 Å². The Kier molecular flexibility index (Phi) is 4.95. The summed E-state index contributed by atoms with van der Waals surface area (Å²) in [5.41, 5.74) is -0.0608. The highest BCUT2D eigenvalue weighted by molar-refractivity contribution is 5.75. The number of hydrogen-bond acceptors (Lipinski definition) is 3. The monoisotopic (exact) mass is 283 g/mol. The van der Waals surface area contributed by atoms with E-state index in [1.54, 1.807) is 0 Å². The maximum absolute atomic E-state index is 12.1. The van der Waals surface area contributed by atoms with Crippen LogP contribution < -0.4 is 0 Å². The molecular formula is C17H33NO2. The smallest absolute Gasteiger partial charge is 0.311 e. The molecule has 1 heterocycles. The third-order valence-corrected chi connectivity index (χ3v) is 5.28. The van der Waals surface area contributed by atoms with Gasteiger partial charge in [-0.1, -0.05) is 6.92 Å². The highest BCUT2D eigenvalue weighted by Gasteiger charge is 2.43. The Labute approximate surface area is 125 Å². The largest absolute Gasteiger partial charge is 0.465 e. The fourth-order valence-electron chi connectivity index (χ4n) is 3.23. The van der Waals surface area contributed by atoms with Crippen LogP contribution in [0.15, 0.2) is 0 Å². The van der Waals surface area contributed by atoms with E-state index in [4.69, 9.17) is 4.74 Å². The summed E-state index contributed by atoms with van der Waals surface area (Å²) in [6.07, 6.45) is 2.97. The maximum atomic E-state index is 12.1. The first-order valence-electron chi connectivity index (χ1n) is 7.83. The van der Waals surface area contributed by atoms with Crippen LogP contribution in [0.4, 0.5) is 0 Å². The lowest BCUT2D eigenvalue weighted by Crippen LogP contribution is -2.59. The maximum Gasteiger partial charge on any atom is 0.311 e. The van der Waals surface area contributed by atoms with Crippen molar-refractivity contribution in [1.82, 2.24) is 4.90 Å². The standard InChI is InChI=1S/C17H33NO2/c1-9-15(2,3)14(19)20-12-13-10-16(4,5)18(8)17(6,7)11-13/h13H,9-12H2,1-8H3. The van der Waals surface area contributed by atoms with Gasteiger partial charge >= 0.3 is 5.97 Å². The molecule has 3 nitrogen and oxygen atoms in total. The van der Waals surface area contributed by atoms with Crippen LogP contribution >= 0.6 is 0 Å². The van der Waals surface area contributed by atoms with Gasteiger partial charge in [-0.05, 0) is 73.8 Å². The molecule has 1 aliphatic heterocycles. The van der Waals surface area contributed by atoms with Crippen molar-refractivity contribution in [3.8, 4) is 0 Å². The van der Waals surface area contributed by atoms with Gasteiger partial charge in [0.05, 0.1) is 12.0 Å². The SMILES string of the molecule is CCC(C)(C)C(=O)OCC1CC(C)(C)N(C)C(C)(C)C1. The van der Waals surface area contributed by atoms with E-state index in [1.165, 1.54) is 0 Å². The first-order chi connectivity index (χ1) is 8.92. The van der Waals surface area contributed by atoms with Gasteiger partial charge in [0.2, 0.25) is 0 Å². The molecule has 20 heavy (non-hydrogen) atoms. The Hall–Kier alpha value is -0.570. The predicted octanol–water partition coefficient (Wildman–Crippen LogP) is 3.86. The van der Waals surface area contributed by atoms with Crippen LogP contribution in [0.1, 0.15) is 67.7 Å². The second-order valence-electron chi connectivity index (χ2n) is 8.29. The number of esters is 1. The van der Waals surface area contributed by atoms with E-state index in [9.17, 15) is 4.79 Å². The number of hydrogen-bond donors (Lipinski definition) is 0. The zero-order chi connectivity index (χ0) is 15.8. The normalized spacial score (nSPS) is 23.6.